The molecular formula is C44H29NO. The van der Waals surface area contributed by atoms with Crippen LogP contribution in [-0.2, 0) is 0 Å². The average molecular weight is 588 g/mol. The SMILES string of the molecule is c1ccc(-c2cccc(N(c3ccc(-c4ccc5ccccc5c4)cc3)c3cccc4cc5c(cc34)oc3ccccc35)c2)cc1. The first-order valence-corrected chi connectivity index (χ1v) is 15.7. The fraction of sp³-hybridized carbons (Fsp3) is 0. The fourth-order valence-corrected chi connectivity index (χ4v) is 6.73. The van der Waals surface area contributed by atoms with Crippen molar-refractivity contribution in [3.8, 4) is 22.3 Å². The van der Waals surface area contributed by atoms with Crippen LogP contribution in [0.3, 0.4) is 0 Å². The largest absolute Gasteiger partial charge is 0.456 e. The van der Waals surface area contributed by atoms with Gasteiger partial charge in [-0.25, -0.2) is 0 Å². The van der Waals surface area contributed by atoms with Crippen LogP contribution in [0.15, 0.2) is 180 Å². The van der Waals surface area contributed by atoms with E-state index in [9.17, 15) is 0 Å². The van der Waals surface area contributed by atoms with Gasteiger partial charge in [-0.05, 0) is 93.0 Å². The predicted molar refractivity (Wildman–Crippen MR) is 194 cm³/mol. The highest BCUT2D eigenvalue weighted by Crippen LogP contribution is 2.43. The summed E-state index contributed by atoms with van der Waals surface area (Å²) >= 11 is 0. The quantitative estimate of drug-likeness (QED) is 0.199. The Balaban J connectivity index is 1.22. The number of furan rings is 1. The number of hydrogen-bond donors (Lipinski definition) is 0. The summed E-state index contributed by atoms with van der Waals surface area (Å²) in [7, 11) is 0. The Bertz CT molecular complexity index is 2530. The molecule has 0 spiro atoms. The molecule has 1 aromatic heterocycles. The van der Waals surface area contributed by atoms with Gasteiger partial charge in [0, 0.05) is 27.5 Å². The molecule has 1 heterocycles. The first kappa shape index (κ1) is 26.3. The lowest BCUT2D eigenvalue weighted by atomic mass is 10.00. The molecule has 0 bridgehead atoms. The predicted octanol–water partition coefficient (Wildman–Crippen LogP) is 12.7. The minimum absolute atomic E-state index is 0.894. The minimum Gasteiger partial charge on any atom is -0.456 e. The number of rotatable bonds is 5. The Morgan fingerprint density at radius 3 is 1.89 bits per heavy atom. The number of anilines is 3. The smallest absolute Gasteiger partial charge is 0.136 e. The van der Waals surface area contributed by atoms with E-state index in [1.165, 1.54) is 38.4 Å². The Labute approximate surface area is 267 Å². The number of fused-ring (bicyclic) bond motifs is 5. The van der Waals surface area contributed by atoms with Crippen LogP contribution in [0.5, 0.6) is 0 Å². The standard InChI is InChI=1S/C44H29NO/c1-2-10-30(11-3-1)34-14-8-16-38(27-34)45(37-24-22-32(23-25-37)35-21-20-31-12-4-5-13-33(31)26-35)42-18-9-15-36-28-41-39-17-6-7-19-43(39)46-44(41)29-40(36)42/h1-29H. The third-order valence-corrected chi connectivity index (χ3v) is 9.02. The van der Waals surface area contributed by atoms with Crippen molar-refractivity contribution in [3.63, 3.8) is 0 Å². The van der Waals surface area contributed by atoms with Gasteiger partial charge in [-0.2, -0.15) is 0 Å². The fourth-order valence-electron chi connectivity index (χ4n) is 6.73. The van der Waals surface area contributed by atoms with Gasteiger partial charge in [-0.3, -0.25) is 0 Å². The zero-order valence-corrected chi connectivity index (χ0v) is 25.1. The van der Waals surface area contributed by atoms with Crippen molar-refractivity contribution < 1.29 is 4.42 Å². The Kier molecular flexibility index (Phi) is 6.17. The summed E-state index contributed by atoms with van der Waals surface area (Å²) < 4.78 is 6.36. The molecule has 0 unspecified atom stereocenters. The van der Waals surface area contributed by atoms with Gasteiger partial charge < -0.3 is 9.32 Å². The van der Waals surface area contributed by atoms with Gasteiger partial charge in [-0.15, -0.1) is 0 Å². The lowest BCUT2D eigenvalue weighted by molar-refractivity contribution is 0.669. The maximum absolute atomic E-state index is 6.36. The number of nitrogens with zero attached hydrogens (tertiary/aromatic N) is 1. The average Bonchev–Trinajstić information content (AvgIpc) is 3.49. The third-order valence-electron chi connectivity index (χ3n) is 9.02. The molecule has 2 heteroatoms. The van der Waals surface area contributed by atoms with Crippen molar-refractivity contribution in [1.82, 2.24) is 0 Å². The Morgan fingerprint density at radius 2 is 1.00 bits per heavy atom. The Morgan fingerprint density at radius 1 is 0.326 bits per heavy atom. The van der Waals surface area contributed by atoms with Gasteiger partial charge in [0.05, 0.1) is 5.69 Å². The summed E-state index contributed by atoms with van der Waals surface area (Å²) in [6.45, 7) is 0. The van der Waals surface area contributed by atoms with Crippen molar-refractivity contribution in [3.05, 3.63) is 176 Å². The number of hydrogen-bond acceptors (Lipinski definition) is 2. The molecule has 216 valence electrons. The maximum atomic E-state index is 6.36. The summed E-state index contributed by atoms with van der Waals surface area (Å²) in [4.78, 5) is 2.37. The van der Waals surface area contributed by atoms with Crippen LogP contribution < -0.4 is 4.90 Å². The van der Waals surface area contributed by atoms with Crippen LogP contribution in [0.1, 0.15) is 0 Å². The summed E-state index contributed by atoms with van der Waals surface area (Å²) in [5.41, 5.74) is 9.85. The van der Waals surface area contributed by atoms with Crippen LogP contribution >= 0.6 is 0 Å². The number of para-hydroxylation sites is 1. The van der Waals surface area contributed by atoms with Crippen molar-refractivity contribution >= 4 is 60.5 Å². The van der Waals surface area contributed by atoms with E-state index in [0.717, 1.165) is 44.4 Å². The molecule has 8 aromatic carbocycles. The van der Waals surface area contributed by atoms with E-state index in [4.69, 9.17) is 4.42 Å². The van der Waals surface area contributed by atoms with Crippen molar-refractivity contribution in [2.24, 2.45) is 0 Å². The molecule has 0 saturated heterocycles. The molecule has 0 aliphatic carbocycles. The van der Waals surface area contributed by atoms with Crippen molar-refractivity contribution in [2.45, 2.75) is 0 Å². The summed E-state index contributed by atoms with van der Waals surface area (Å²) in [6.07, 6.45) is 0. The lowest BCUT2D eigenvalue weighted by Gasteiger charge is -2.27. The van der Waals surface area contributed by atoms with Crippen molar-refractivity contribution in [2.75, 3.05) is 4.90 Å². The molecule has 46 heavy (non-hydrogen) atoms. The monoisotopic (exact) mass is 587 g/mol. The lowest BCUT2D eigenvalue weighted by Crippen LogP contribution is -2.10. The van der Waals surface area contributed by atoms with Crippen molar-refractivity contribution in [1.29, 1.82) is 0 Å². The van der Waals surface area contributed by atoms with Gasteiger partial charge in [0.15, 0.2) is 0 Å². The topological polar surface area (TPSA) is 16.4 Å². The Hall–Kier alpha value is -6.12. The van der Waals surface area contributed by atoms with Crippen LogP contribution in [0, 0.1) is 0 Å². The first-order chi connectivity index (χ1) is 22.8. The second kappa shape index (κ2) is 10.8. The zero-order valence-electron chi connectivity index (χ0n) is 25.1. The molecule has 9 rings (SSSR count). The summed E-state index contributed by atoms with van der Waals surface area (Å²) in [5.74, 6) is 0. The van der Waals surface area contributed by atoms with Gasteiger partial charge in [-0.1, -0.05) is 121 Å². The second-order valence-corrected chi connectivity index (χ2v) is 11.8. The molecule has 0 saturated carbocycles. The molecular weight excluding hydrogens is 558 g/mol. The van der Waals surface area contributed by atoms with Gasteiger partial charge >= 0.3 is 0 Å². The molecule has 0 aliphatic heterocycles. The van der Waals surface area contributed by atoms with E-state index in [1.54, 1.807) is 0 Å². The third kappa shape index (κ3) is 4.51. The molecule has 0 N–H and O–H groups in total. The highest BCUT2D eigenvalue weighted by atomic mass is 16.3. The molecule has 2 nitrogen and oxygen atoms in total. The molecule has 0 fully saturated rings. The number of benzene rings is 8. The maximum Gasteiger partial charge on any atom is 0.136 e. The van der Waals surface area contributed by atoms with Gasteiger partial charge in [0.1, 0.15) is 11.2 Å². The molecule has 0 amide bonds. The highest BCUT2D eigenvalue weighted by molar-refractivity contribution is 6.13. The van der Waals surface area contributed by atoms with E-state index < -0.39 is 0 Å². The minimum atomic E-state index is 0.894. The van der Waals surface area contributed by atoms with Crippen LogP contribution in [0.2, 0.25) is 0 Å². The van der Waals surface area contributed by atoms with Crippen LogP contribution in [0.4, 0.5) is 17.1 Å². The second-order valence-electron chi connectivity index (χ2n) is 11.8. The molecule has 0 atom stereocenters. The zero-order chi connectivity index (χ0) is 30.5. The van der Waals surface area contributed by atoms with Crippen LogP contribution in [-0.4, -0.2) is 0 Å². The van der Waals surface area contributed by atoms with Gasteiger partial charge in [0.25, 0.3) is 0 Å². The normalized spacial score (nSPS) is 11.5. The summed E-state index contributed by atoms with van der Waals surface area (Å²) in [5, 5.41) is 7.09. The van der Waals surface area contributed by atoms with Gasteiger partial charge in [0.2, 0.25) is 0 Å². The molecule has 0 radical (unpaired) electrons. The highest BCUT2D eigenvalue weighted by Gasteiger charge is 2.18. The molecule has 9 aromatic rings. The van der Waals surface area contributed by atoms with E-state index >= 15 is 0 Å². The first-order valence-electron chi connectivity index (χ1n) is 15.7. The van der Waals surface area contributed by atoms with E-state index in [0.29, 0.717) is 0 Å². The molecule has 0 aliphatic rings. The van der Waals surface area contributed by atoms with E-state index in [1.807, 2.05) is 12.1 Å². The van der Waals surface area contributed by atoms with Crippen LogP contribution in [0.25, 0.3) is 65.7 Å². The van der Waals surface area contributed by atoms with E-state index in [2.05, 4.69) is 169 Å². The van der Waals surface area contributed by atoms with E-state index in [-0.39, 0.29) is 0 Å². The summed E-state index contributed by atoms with van der Waals surface area (Å²) in [6, 6.07) is 62.8.